The van der Waals surface area contributed by atoms with E-state index in [0.29, 0.717) is 19.1 Å². The molecular formula is C24H34N2O5S. The van der Waals surface area contributed by atoms with E-state index in [9.17, 15) is 13.2 Å². The number of sulfonamides is 1. The van der Waals surface area contributed by atoms with Gasteiger partial charge in [0, 0.05) is 18.2 Å². The molecule has 5 aliphatic rings. The first-order chi connectivity index (χ1) is 15.4. The Bertz CT molecular complexity index is 953. The summed E-state index contributed by atoms with van der Waals surface area (Å²) in [6.07, 6.45) is 7.09. The number of ether oxygens (including phenoxy) is 2. The van der Waals surface area contributed by atoms with Crippen LogP contribution in [0.5, 0.6) is 5.75 Å². The van der Waals surface area contributed by atoms with Crippen molar-refractivity contribution in [3.63, 3.8) is 0 Å². The molecule has 0 radical (unpaired) electrons. The van der Waals surface area contributed by atoms with Crippen LogP contribution in [0.25, 0.3) is 0 Å². The van der Waals surface area contributed by atoms with Crippen molar-refractivity contribution in [1.29, 1.82) is 0 Å². The number of hydrogen-bond acceptors (Lipinski definition) is 5. The zero-order valence-electron chi connectivity index (χ0n) is 18.8. The van der Waals surface area contributed by atoms with Gasteiger partial charge in [-0.1, -0.05) is 12.1 Å². The molecule has 0 spiro atoms. The van der Waals surface area contributed by atoms with Gasteiger partial charge in [-0.25, -0.2) is 13.1 Å². The second kappa shape index (κ2) is 8.95. The lowest BCUT2D eigenvalue weighted by Gasteiger charge is -2.42. The van der Waals surface area contributed by atoms with E-state index in [1.54, 1.807) is 4.90 Å². The lowest BCUT2D eigenvalue weighted by atomic mass is 9.80. The third kappa shape index (κ3) is 4.54. The van der Waals surface area contributed by atoms with E-state index in [1.165, 1.54) is 11.1 Å². The first-order valence-electron chi connectivity index (χ1n) is 12.1. The van der Waals surface area contributed by atoms with Crippen LogP contribution in [0, 0.1) is 6.92 Å². The Kier molecular flexibility index (Phi) is 6.20. The molecular weight excluding hydrogens is 428 g/mol. The molecule has 8 heteroatoms. The molecule has 3 heterocycles. The normalized spacial score (nSPS) is 31.5. The summed E-state index contributed by atoms with van der Waals surface area (Å²) in [5.41, 5.74) is 2.43. The highest BCUT2D eigenvalue weighted by Crippen LogP contribution is 2.40. The molecule has 176 valence electrons. The Morgan fingerprint density at radius 1 is 1.06 bits per heavy atom. The van der Waals surface area contributed by atoms with Gasteiger partial charge in [-0.2, -0.15) is 0 Å². The van der Waals surface area contributed by atoms with Crippen molar-refractivity contribution in [1.82, 2.24) is 9.62 Å². The third-order valence-corrected chi connectivity index (χ3v) is 9.58. The highest BCUT2D eigenvalue weighted by atomic mass is 32.2. The first-order valence-corrected chi connectivity index (χ1v) is 13.6. The van der Waals surface area contributed by atoms with Gasteiger partial charge in [-0.05, 0) is 75.8 Å². The summed E-state index contributed by atoms with van der Waals surface area (Å²) in [5, 5.41) is -0.275. The number of carbonyl (C=O) groups excluding carboxylic acids is 1. The molecule has 1 N–H and O–H groups in total. The van der Waals surface area contributed by atoms with E-state index in [4.69, 9.17) is 9.47 Å². The lowest BCUT2D eigenvalue weighted by molar-refractivity contribution is -0.140. The smallest absolute Gasteiger partial charge is 0.260 e. The fourth-order valence-corrected chi connectivity index (χ4v) is 7.32. The summed E-state index contributed by atoms with van der Waals surface area (Å²) in [6, 6.07) is 5.45. The lowest BCUT2D eigenvalue weighted by Crippen LogP contribution is -2.60. The molecule has 2 bridgehead atoms. The third-order valence-electron chi connectivity index (χ3n) is 7.60. The van der Waals surface area contributed by atoms with E-state index < -0.39 is 10.0 Å². The van der Waals surface area contributed by atoms with E-state index in [2.05, 4.69) is 17.7 Å². The van der Waals surface area contributed by atoms with Gasteiger partial charge in [-0.3, -0.25) is 4.79 Å². The molecule has 32 heavy (non-hydrogen) atoms. The van der Waals surface area contributed by atoms with Crippen LogP contribution in [0.1, 0.15) is 68.4 Å². The van der Waals surface area contributed by atoms with E-state index >= 15 is 0 Å². The number of benzene rings is 1. The summed E-state index contributed by atoms with van der Waals surface area (Å²) in [7, 11) is -3.34. The number of nitrogens with zero attached hydrogens (tertiary/aromatic N) is 1. The van der Waals surface area contributed by atoms with Gasteiger partial charge in [-0.15, -0.1) is 0 Å². The Balaban J connectivity index is 1.41. The molecule has 2 atom stereocenters. The molecule has 3 fully saturated rings. The average Bonchev–Trinajstić information content (AvgIpc) is 3.62. The maximum absolute atomic E-state index is 13.2. The molecule has 0 unspecified atom stereocenters. The first kappa shape index (κ1) is 22.2. The van der Waals surface area contributed by atoms with Crippen LogP contribution in [0.15, 0.2) is 18.2 Å². The topological polar surface area (TPSA) is 84.9 Å². The van der Waals surface area contributed by atoms with Crippen LogP contribution >= 0.6 is 0 Å². The number of carbonyl (C=O) groups is 1. The molecule has 3 aliphatic heterocycles. The Morgan fingerprint density at radius 2 is 1.84 bits per heavy atom. The number of aryl methyl sites for hydroxylation is 1. The molecule has 1 aromatic carbocycles. The summed E-state index contributed by atoms with van der Waals surface area (Å²) in [5.74, 6) is 1.12. The van der Waals surface area contributed by atoms with Crippen molar-refractivity contribution in [3.8, 4) is 5.75 Å². The van der Waals surface area contributed by atoms with Crippen LogP contribution < -0.4 is 9.46 Å². The molecule has 1 saturated heterocycles. The summed E-state index contributed by atoms with van der Waals surface area (Å²) in [6.45, 7) is 3.05. The van der Waals surface area contributed by atoms with Crippen molar-refractivity contribution < 1.29 is 22.7 Å². The predicted octanol–water partition coefficient (Wildman–Crippen LogP) is 2.87. The minimum Gasteiger partial charge on any atom is -0.483 e. The van der Waals surface area contributed by atoms with E-state index in [0.717, 1.165) is 57.1 Å². The molecule has 0 aromatic heterocycles. The van der Waals surface area contributed by atoms with Crippen LogP contribution in [-0.2, 0) is 19.6 Å². The second-order valence-electron chi connectivity index (χ2n) is 9.85. The van der Waals surface area contributed by atoms with E-state index in [-0.39, 0.29) is 36.0 Å². The molecule has 6 rings (SSSR count). The van der Waals surface area contributed by atoms with Gasteiger partial charge < -0.3 is 14.4 Å². The van der Waals surface area contributed by atoms with Gasteiger partial charge in [0.25, 0.3) is 5.91 Å². The van der Waals surface area contributed by atoms with Crippen LogP contribution in [0.3, 0.4) is 0 Å². The Hall–Kier alpha value is -1.64. The van der Waals surface area contributed by atoms with E-state index in [1.807, 2.05) is 12.1 Å². The monoisotopic (exact) mass is 462 g/mol. The van der Waals surface area contributed by atoms with Crippen molar-refractivity contribution in [2.24, 2.45) is 0 Å². The number of rotatable bonds is 3. The predicted molar refractivity (Wildman–Crippen MR) is 121 cm³/mol. The SMILES string of the molecule is Cc1cccc2c1[C@H]1CC[C@H](CC1)OC[C@H]1[C@@H](NS(=O)(=O)C3CC3)CCCN1C(=O)CO2. The average molecular weight is 463 g/mol. The minimum atomic E-state index is -3.34. The van der Waals surface area contributed by atoms with Crippen molar-refractivity contribution in [3.05, 3.63) is 29.3 Å². The minimum absolute atomic E-state index is 0.0365. The Morgan fingerprint density at radius 3 is 2.59 bits per heavy atom. The molecule has 7 nitrogen and oxygen atoms in total. The standard InChI is InChI=1S/C24H34N2O5S/c1-16-4-2-6-22-24(16)17-7-9-18(10-8-17)30-14-21-20(25-32(28,29)19-11-12-19)5-3-13-26(21)23(27)15-31-22/h2,4,6,17-21,25H,3,5,7-15H2,1H3/t17-,18+,20-,21-/m0/s1. The summed E-state index contributed by atoms with van der Waals surface area (Å²) < 4.78 is 40.7. The zero-order chi connectivity index (χ0) is 22.3. The number of piperidine rings is 1. The molecule has 1 aromatic rings. The molecule has 1 amide bonds. The van der Waals surface area contributed by atoms with Crippen molar-refractivity contribution in [2.75, 3.05) is 19.8 Å². The number of hydrogen-bond donors (Lipinski definition) is 1. The van der Waals surface area contributed by atoms with Crippen LogP contribution in [-0.4, -0.2) is 62.4 Å². The van der Waals surface area contributed by atoms with Crippen LogP contribution in [0.2, 0.25) is 0 Å². The summed E-state index contributed by atoms with van der Waals surface area (Å²) in [4.78, 5) is 15.0. The molecule has 2 saturated carbocycles. The van der Waals surface area contributed by atoms with Crippen LogP contribution in [0.4, 0.5) is 0 Å². The fraction of sp³-hybridized carbons (Fsp3) is 0.708. The quantitative estimate of drug-likeness (QED) is 0.747. The summed E-state index contributed by atoms with van der Waals surface area (Å²) >= 11 is 0. The largest absolute Gasteiger partial charge is 0.483 e. The Labute approximate surface area is 190 Å². The van der Waals surface area contributed by atoms with Gasteiger partial charge in [0.15, 0.2) is 6.61 Å². The maximum Gasteiger partial charge on any atom is 0.260 e. The zero-order valence-corrected chi connectivity index (χ0v) is 19.6. The van der Waals surface area contributed by atoms with Gasteiger partial charge in [0.1, 0.15) is 5.75 Å². The van der Waals surface area contributed by atoms with Gasteiger partial charge in [0.2, 0.25) is 10.0 Å². The number of amides is 1. The second-order valence-corrected chi connectivity index (χ2v) is 11.8. The van der Waals surface area contributed by atoms with Crippen molar-refractivity contribution in [2.45, 2.75) is 87.6 Å². The van der Waals surface area contributed by atoms with Gasteiger partial charge in [0.05, 0.1) is 24.0 Å². The maximum atomic E-state index is 13.2. The molecule has 2 aliphatic carbocycles. The fourth-order valence-electron chi connectivity index (χ4n) is 5.67. The van der Waals surface area contributed by atoms with Crippen molar-refractivity contribution >= 4 is 15.9 Å². The number of nitrogens with one attached hydrogen (secondary N) is 1. The number of fused-ring (bicyclic) bond motifs is 5. The highest BCUT2D eigenvalue weighted by Gasteiger charge is 2.42. The highest BCUT2D eigenvalue weighted by molar-refractivity contribution is 7.90. The van der Waals surface area contributed by atoms with Gasteiger partial charge >= 0.3 is 0 Å².